The van der Waals surface area contributed by atoms with E-state index >= 15 is 0 Å². The molecule has 0 atom stereocenters. The zero-order valence-corrected chi connectivity index (χ0v) is 15.6. The molecule has 1 N–H and O–H groups in total. The fourth-order valence-electron chi connectivity index (χ4n) is 2.46. The number of hydrogen-bond acceptors (Lipinski definition) is 4. The normalized spacial score (nSPS) is 10.5. The molecule has 0 bridgehead atoms. The van der Waals surface area contributed by atoms with Gasteiger partial charge in [0.15, 0.2) is 0 Å². The van der Waals surface area contributed by atoms with Crippen LogP contribution in [-0.4, -0.2) is 24.0 Å². The van der Waals surface area contributed by atoms with Gasteiger partial charge in [-0.3, -0.25) is 4.79 Å². The summed E-state index contributed by atoms with van der Waals surface area (Å²) in [4.78, 5) is 16.9. The minimum atomic E-state index is -0.0782. The van der Waals surface area contributed by atoms with Crippen molar-refractivity contribution in [3.63, 3.8) is 0 Å². The van der Waals surface area contributed by atoms with Crippen LogP contribution in [0.25, 0.3) is 10.6 Å². The van der Waals surface area contributed by atoms with Gasteiger partial charge in [0.05, 0.1) is 12.3 Å². The molecule has 2 aromatic carbocycles. The fraction of sp³-hybridized carbons (Fsp3) is 0.238. The largest absolute Gasteiger partial charge is 0.494 e. The lowest BCUT2D eigenvalue weighted by Crippen LogP contribution is -2.25. The number of hydrogen-bond donors (Lipinski definition) is 1. The zero-order valence-electron chi connectivity index (χ0n) is 14.8. The summed E-state index contributed by atoms with van der Waals surface area (Å²) in [6.07, 6.45) is 1.68. The van der Waals surface area contributed by atoms with E-state index in [1.54, 1.807) is 23.5 Å². The van der Waals surface area contributed by atoms with Crippen molar-refractivity contribution in [3.05, 3.63) is 71.2 Å². The molecule has 0 radical (unpaired) electrons. The van der Waals surface area contributed by atoms with Gasteiger partial charge in [-0.15, -0.1) is 11.3 Å². The molecule has 0 saturated heterocycles. The lowest BCUT2D eigenvalue weighted by atomic mass is 10.2. The Bertz CT molecular complexity index is 829. The van der Waals surface area contributed by atoms with E-state index in [1.165, 1.54) is 0 Å². The van der Waals surface area contributed by atoms with Crippen molar-refractivity contribution in [2.45, 2.75) is 19.8 Å². The second-order valence-electron chi connectivity index (χ2n) is 5.89. The quantitative estimate of drug-likeness (QED) is 0.635. The van der Waals surface area contributed by atoms with Crippen LogP contribution in [0, 0.1) is 0 Å². The van der Waals surface area contributed by atoms with Crippen molar-refractivity contribution in [1.82, 2.24) is 10.3 Å². The molecule has 0 aliphatic carbocycles. The summed E-state index contributed by atoms with van der Waals surface area (Å²) in [6, 6.07) is 17.4. The fourth-order valence-corrected chi connectivity index (χ4v) is 3.32. The molecule has 1 aromatic heterocycles. The summed E-state index contributed by atoms with van der Waals surface area (Å²) in [5, 5.41) is 6.00. The third-order valence-corrected chi connectivity index (χ3v) is 4.77. The van der Waals surface area contributed by atoms with Crippen LogP contribution in [-0.2, 0) is 6.42 Å². The first-order chi connectivity index (χ1) is 12.8. The van der Waals surface area contributed by atoms with Crippen molar-refractivity contribution in [2.24, 2.45) is 0 Å². The van der Waals surface area contributed by atoms with Crippen molar-refractivity contribution in [2.75, 3.05) is 13.2 Å². The van der Waals surface area contributed by atoms with E-state index in [1.807, 2.05) is 35.7 Å². The summed E-state index contributed by atoms with van der Waals surface area (Å²) in [6.45, 7) is 3.31. The Labute approximate surface area is 157 Å². The van der Waals surface area contributed by atoms with Gasteiger partial charge < -0.3 is 10.1 Å². The Kier molecular flexibility index (Phi) is 6.39. The van der Waals surface area contributed by atoms with Crippen molar-refractivity contribution in [1.29, 1.82) is 0 Å². The second kappa shape index (κ2) is 9.15. The van der Waals surface area contributed by atoms with Crippen molar-refractivity contribution in [3.8, 4) is 16.3 Å². The number of benzene rings is 2. The Morgan fingerprint density at radius 1 is 1.12 bits per heavy atom. The predicted octanol–water partition coefficient (Wildman–Crippen LogP) is 4.57. The first kappa shape index (κ1) is 18.1. The lowest BCUT2D eigenvalue weighted by Gasteiger charge is -2.07. The molecule has 1 heterocycles. The monoisotopic (exact) mass is 366 g/mol. The van der Waals surface area contributed by atoms with Gasteiger partial charge in [-0.25, -0.2) is 4.98 Å². The molecule has 3 rings (SSSR count). The number of amides is 1. The maximum absolute atomic E-state index is 12.2. The number of nitrogens with one attached hydrogen (secondary N) is 1. The summed E-state index contributed by atoms with van der Waals surface area (Å²) in [7, 11) is 0. The number of carbonyl (C=O) groups excluding carboxylic acids is 1. The highest BCUT2D eigenvalue weighted by Crippen LogP contribution is 2.23. The molecular formula is C21H22N2O2S. The van der Waals surface area contributed by atoms with Gasteiger partial charge in [-0.2, -0.15) is 0 Å². The van der Waals surface area contributed by atoms with Gasteiger partial charge in [0, 0.05) is 29.5 Å². The number of carbonyl (C=O) groups is 1. The van der Waals surface area contributed by atoms with E-state index in [9.17, 15) is 4.79 Å². The lowest BCUT2D eigenvalue weighted by molar-refractivity contribution is 0.0954. The second-order valence-corrected chi connectivity index (χ2v) is 6.75. The van der Waals surface area contributed by atoms with Gasteiger partial charge in [0.2, 0.25) is 0 Å². The highest BCUT2D eigenvalue weighted by molar-refractivity contribution is 7.13. The Hall–Kier alpha value is -2.66. The van der Waals surface area contributed by atoms with Crippen LogP contribution >= 0.6 is 11.3 Å². The summed E-state index contributed by atoms with van der Waals surface area (Å²) in [5.41, 5.74) is 2.76. The SMILES string of the molecule is CCCOc1ccc(C(=O)NCCc2csc(-c3ccccc3)n2)cc1. The summed E-state index contributed by atoms with van der Waals surface area (Å²) >= 11 is 1.63. The first-order valence-corrected chi connectivity index (χ1v) is 9.65. The van der Waals surface area contributed by atoms with Crippen LogP contribution < -0.4 is 10.1 Å². The van der Waals surface area contributed by atoms with Crippen LogP contribution in [0.3, 0.4) is 0 Å². The topological polar surface area (TPSA) is 51.2 Å². The highest BCUT2D eigenvalue weighted by atomic mass is 32.1. The molecule has 0 spiro atoms. The van der Waals surface area contributed by atoms with Crippen LogP contribution in [0.5, 0.6) is 5.75 Å². The number of nitrogens with zero attached hydrogens (tertiary/aromatic N) is 1. The first-order valence-electron chi connectivity index (χ1n) is 8.77. The van der Waals surface area contributed by atoms with E-state index in [4.69, 9.17) is 4.74 Å². The molecule has 3 aromatic rings. The standard InChI is InChI=1S/C21H22N2O2S/c1-2-14-25-19-10-8-16(9-11-19)20(24)22-13-12-18-15-26-21(23-18)17-6-4-3-5-7-17/h3-11,15H,2,12-14H2,1H3,(H,22,24). The van der Waals surface area contributed by atoms with E-state index in [2.05, 4.69) is 29.4 Å². The van der Waals surface area contributed by atoms with Crippen LogP contribution in [0.15, 0.2) is 60.0 Å². The van der Waals surface area contributed by atoms with Gasteiger partial charge >= 0.3 is 0 Å². The Balaban J connectivity index is 1.49. The molecule has 26 heavy (non-hydrogen) atoms. The van der Waals surface area contributed by atoms with E-state index in [-0.39, 0.29) is 5.91 Å². The predicted molar refractivity (Wildman–Crippen MR) is 106 cm³/mol. The Morgan fingerprint density at radius 3 is 2.62 bits per heavy atom. The third kappa shape index (κ3) is 4.92. The molecule has 0 unspecified atom stereocenters. The number of thiazole rings is 1. The average Bonchev–Trinajstić information content (AvgIpc) is 3.16. The maximum atomic E-state index is 12.2. The highest BCUT2D eigenvalue weighted by Gasteiger charge is 2.07. The van der Waals surface area contributed by atoms with Gasteiger partial charge in [-0.1, -0.05) is 37.3 Å². The van der Waals surface area contributed by atoms with Crippen LogP contribution in [0.1, 0.15) is 29.4 Å². The molecule has 1 amide bonds. The van der Waals surface area contributed by atoms with Gasteiger partial charge in [-0.05, 0) is 30.7 Å². The van der Waals surface area contributed by atoms with Gasteiger partial charge in [0.25, 0.3) is 5.91 Å². The molecule has 4 nitrogen and oxygen atoms in total. The van der Waals surface area contributed by atoms with E-state index in [0.29, 0.717) is 25.1 Å². The minimum absolute atomic E-state index is 0.0782. The van der Waals surface area contributed by atoms with E-state index < -0.39 is 0 Å². The molecule has 0 aliphatic heterocycles. The van der Waals surface area contributed by atoms with Crippen molar-refractivity contribution < 1.29 is 9.53 Å². The summed E-state index contributed by atoms with van der Waals surface area (Å²) < 4.78 is 5.53. The molecule has 5 heteroatoms. The maximum Gasteiger partial charge on any atom is 0.251 e. The van der Waals surface area contributed by atoms with Crippen LogP contribution in [0.2, 0.25) is 0 Å². The number of aromatic nitrogens is 1. The smallest absolute Gasteiger partial charge is 0.251 e. The molecule has 0 saturated carbocycles. The number of ether oxygens (including phenoxy) is 1. The molecule has 0 aliphatic rings. The number of rotatable bonds is 8. The van der Waals surface area contributed by atoms with Gasteiger partial charge in [0.1, 0.15) is 10.8 Å². The van der Waals surface area contributed by atoms with Crippen LogP contribution in [0.4, 0.5) is 0 Å². The molecular weight excluding hydrogens is 344 g/mol. The van der Waals surface area contributed by atoms with Crippen molar-refractivity contribution >= 4 is 17.2 Å². The third-order valence-electron chi connectivity index (χ3n) is 3.83. The Morgan fingerprint density at radius 2 is 1.88 bits per heavy atom. The minimum Gasteiger partial charge on any atom is -0.494 e. The molecule has 0 fully saturated rings. The molecule has 134 valence electrons. The zero-order chi connectivity index (χ0) is 18.2. The average molecular weight is 366 g/mol. The van der Waals surface area contributed by atoms with E-state index in [0.717, 1.165) is 28.4 Å². The summed E-state index contributed by atoms with van der Waals surface area (Å²) in [5.74, 6) is 0.713.